The summed E-state index contributed by atoms with van der Waals surface area (Å²) in [6.07, 6.45) is 4.37. The fourth-order valence-corrected chi connectivity index (χ4v) is 2.05. The molecule has 0 aliphatic heterocycles. The van der Waals surface area contributed by atoms with Gasteiger partial charge in [-0.1, -0.05) is 6.92 Å². The molecule has 2 rings (SSSR count). The molecule has 100 valence electrons. The molecule has 1 aliphatic carbocycles. The monoisotopic (exact) mass is 250 g/mol. The molecule has 1 aromatic rings. The predicted octanol–water partition coefficient (Wildman–Crippen LogP) is 1.63. The second-order valence-corrected chi connectivity index (χ2v) is 4.73. The smallest absolute Gasteiger partial charge is 0.134 e. The van der Waals surface area contributed by atoms with Crippen molar-refractivity contribution in [1.29, 1.82) is 0 Å². The third kappa shape index (κ3) is 3.32. The number of hydrogen-bond acceptors (Lipinski definition) is 5. The molecule has 1 saturated carbocycles. The number of ether oxygens (including phenoxy) is 1. The van der Waals surface area contributed by atoms with E-state index in [2.05, 4.69) is 21.8 Å². The molecule has 0 amide bonds. The third-order valence-corrected chi connectivity index (χ3v) is 3.07. The zero-order valence-corrected chi connectivity index (χ0v) is 11.2. The van der Waals surface area contributed by atoms with Crippen molar-refractivity contribution < 1.29 is 4.74 Å². The highest BCUT2D eigenvalue weighted by Gasteiger charge is 2.30. The van der Waals surface area contributed by atoms with Crippen LogP contribution < -0.4 is 10.6 Å². The van der Waals surface area contributed by atoms with Crippen LogP contribution in [0.2, 0.25) is 0 Å². The molecule has 0 bridgehead atoms. The number of nitrogen functional groups attached to an aromatic ring is 1. The van der Waals surface area contributed by atoms with Gasteiger partial charge in [-0.05, 0) is 19.3 Å². The van der Waals surface area contributed by atoms with Crippen LogP contribution in [-0.2, 0) is 11.2 Å². The van der Waals surface area contributed by atoms with Crippen LogP contribution >= 0.6 is 0 Å². The van der Waals surface area contributed by atoms with E-state index in [1.807, 2.05) is 6.07 Å². The second kappa shape index (κ2) is 6.00. The van der Waals surface area contributed by atoms with Crippen molar-refractivity contribution >= 4 is 11.6 Å². The van der Waals surface area contributed by atoms with Gasteiger partial charge < -0.3 is 15.4 Å². The SMILES string of the molecule is CCCc1nc(N)cc(N(CCOC)C2CC2)n1. The number of aromatic nitrogens is 2. The Morgan fingerprint density at radius 3 is 2.83 bits per heavy atom. The first-order chi connectivity index (χ1) is 8.74. The quantitative estimate of drug-likeness (QED) is 0.796. The van der Waals surface area contributed by atoms with E-state index in [1.165, 1.54) is 12.8 Å². The molecule has 1 aliphatic rings. The Labute approximate surface area is 108 Å². The first-order valence-electron chi connectivity index (χ1n) is 6.63. The van der Waals surface area contributed by atoms with Gasteiger partial charge in [-0.2, -0.15) is 0 Å². The number of methoxy groups -OCH3 is 1. The summed E-state index contributed by atoms with van der Waals surface area (Å²) in [4.78, 5) is 11.2. The molecule has 1 heterocycles. The number of rotatable bonds is 7. The van der Waals surface area contributed by atoms with E-state index in [0.29, 0.717) is 18.5 Å². The number of anilines is 2. The van der Waals surface area contributed by atoms with Crippen LogP contribution in [0, 0.1) is 0 Å². The van der Waals surface area contributed by atoms with Gasteiger partial charge >= 0.3 is 0 Å². The van der Waals surface area contributed by atoms with Crippen LogP contribution in [-0.4, -0.2) is 36.3 Å². The lowest BCUT2D eigenvalue weighted by atomic mass is 10.3. The van der Waals surface area contributed by atoms with Gasteiger partial charge in [-0.25, -0.2) is 9.97 Å². The summed E-state index contributed by atoms with van der Waals surface area (Å²) in [5.74, 6) is 2.35. The second-order valence-electron chi connectivity index (χ2n) is 4.73. The molecule has 5 heteroatoms. The van der Waals surface area contributed by atoms with E-state index in [0.717, 1.165) is 31.0 Å². The van der Waals surface area contributed by atoms with Gasteiger partial charge in [0.15, 0.2) is 0 Å². The van der Waals surface area contributed by atoms with E-state index in [1.54, 1.807) is 7.11 Å². The van der Waals surface area contributed by atoms with Gasteiger partial charge in [-0.15, -0.1) is 0 Å². The van der Waals surface area contributed by atoms with Crippen LogP contribution in [0.3, 0.4) is 0 Å². The number of aryl methyl sites for hydroxylation is 1. The first-order valence-corrected chi connectivity index (χ1v) is 6.63. The maximum atomic E-state index is 5.87. The van der Waals surface area contributed by atoms with Crippen molar-refractivity contribution in [2.45, 2.75) is 38.6 Å². The standard InChI is InChI=1S/C13H22N4O/c1-3-4-12-15-11(14)9-13(16-12)17(7-8-18-2)10-5-6-10/h9-10H,3-8H2,1-2H3,(H2,14,15,16). The average Bonchev–Trinajstić information content (AvgIpc) is 3.14. The maximum Gasteiger partial charge on any atom is 0.134 e. The molecule has 0 unspecified atom stereocenters. The fraction of sp³-hybridized carbons (Fsp3) is 0.692. The van der Waals surface area contributed by atoms with Crippen LogP contribution in [0.5, 0.6) is 0 Å². The number of nitrogens with zero attached hydrogens (tertiary/aromatic N) is 3. The molecule has 1 fully saturated rings. The van der Waals surface area contributed by atoms with Gasteiger partial charge in [0.2, 0.25) is 0 Å². The molecule has 0 spiro atoms. The van der Waals surface area contributed by atoms with Crippen molar-refractivity contribution in [3.63, 3.8) is 0 Å². The summed E-state index contributed by atoms with van der Waals surface area (Å²) in [6.45, 7) is 3.70. The normalized spacial score (nSPS) is 14.8. The summed E-state index contributed by atoms with van der Waals surface area (Å²) in [7, 11) is 1.72. The lowest BCUT2D eigenvalue weighted by Crippen LogP contribution is -2.30. The highest BCUT2D eigenvalue weighted by molar-refractivity contribution is 5.48. The highest BCUT2D eigenvalue weighted by atomic mass is 16.5. The molecule has 18 heavy (non-hydrogen) atoms. The van der Waals surface area contributed by atoms with Crippen LogP contribution in [0.1, 0.15) is 32.0 Å². The van der Waals surface area contributed by atoms with Crippen molar-refractivity contribution in [3.05, 3.63) is 11.9 Å². The lowest BCUT2D eigenvalue weighted by molar-refractivity contribution is 0.204. The van der Waals surface area contributed by atoms with Crippen LogP contribution in [0.25, 0.3) is 0 Å². The fourth-order valence-electron chi connectivity index (χ4n) is 2.05. The maximum absolute atomic E-state index is 5.87. The Morgan fingerprint density at radius 2 is 2.22 bits per heavy atom. The summed E-state index contributed by atoms with van der Waals surface area (Å²) in [5, 5.41) is 0. The topological polar surface area (TPSA) is 64.3 Å². The summed E-state index contributed by atoms with van der Waals surface area (Å²) < 4.78 is 5.16. The third-order valence-electron chi connectivity index (χ3n) is 3.07. The molecule has 2 N–H and O–H groups in total. The first kappa shape index (κ1) is 13.1. The Bertz CT molecular complexity index is 393. The molecule has 1 aromatic heterocycles. The summed E-state index contributed by atoms with van der Waals surface area (Å²) >= 11 is 0. The van der Waals surface area contributed by atoms with Gasteiger partial charge in [0.05, 0.1) is 6.61 Å². The van der Waals surface area contributed by atoms with E-state index in [9.17, 15) is 0 Å². The molecular weight excluding hydrogens is 228 g/mol. The Hall–Kier alpha value is -1.36. The van der Waals surface area contributed by atoms with Crippen molar-refractivity contribution in [3.8, 4) is 0 Å². The molecule has 0 aromatic carbocycles. The molecular formula is C13H22N4O. The largest absolute Gasteiger partial charge is 0.384 e. The van der Waals surface area contributed by atoms with Crippen LogP contribution in [0.15, 0.2) is 6.07 Å². The van der Waals surface area contributed by atoms with E-state index in [-0.39, 0.29) is 0 Å². The van der Waals surface area contributed by atoms with E-state index >= 15 is 0 Å². The number of hydrogen-bond donors (Lipinski definition) is 1. The Kier molecular flexibility index (Phi) is 4.36. The minimum atomic E-state index is 0.562. The zero-order chi connectivity index (χ0) is 13.0. The van der Waals surface area contributed by atoms with Gasteiger partial charge in [-0.3, -0.25) is 0 Å². The molecule has 0 saturated heterocycles. The van der Waals surface area contributed by atoms with Crippen molar-refractivity contribution in [2.75, 3.05) is 30.9 Å². The zero-order valence-electron chi connectivity index (χ0n) is 11.2. The van der Waals surface area contributed by atoms with Crippen molar-refractivity contribution in [2.24, 2.45) is 0 Å². The predicted molar refractivity (Wildman–Crippen MR) is 72.7 cm³/mol. The summed E-state index contributed by atoms with van der Waals surface area (Å²) in [6, 6.07) is 2.47. The van der Waals surface area contributed by atoms with Crippen LogP contribution in [0.4, 0.5) is 11.6 Å². The minimum Gasteiger partial charge on any atom is -0.384 e. The molecule has 0 radical (unpaired) electrons. The molecule has 5 nitrogen and oxygen atoms in total. The van der Waals surface area contributed by atoms with E-state index in [4.69, 9.17) is 10.5 Å². The lowest BCUT2D eigenvalue weighted by Gasteiger charge is -2.23. The van der Waals surface area contributed by atoms with E-state index < -0.39 is 0 Å². The minimum absolute atomic E-state index is 0.562. The molecule has 0 atom stereocenters. The highest BCUT2D eigenvalue weighted by Crippen LogP contribution is 2.31. The van der Waals surface area contributed by atoms with Gasteiger partial charge in [0.1, 0.15) is 17.5 Å². The Morgan fingerprint density at radius 1 is 1.44 bits per heavy atom. The number of nitrogens with two attached hydrogens (primary N) is 1. The summed E-state index contributed by atoms with van der Waals surface area (Å²) in [5.41, 5.74) is 5.87. The van der Waals surface area contributed by atoms with Crippen molar-refractivity contribution in [1.82, 2.24) is 9.97 Å². The average molecular weight is 250 g/mol. The van der Waals surface area contributed by atoms with Gasteiger partial charge in [0, 0.05) is 32.2 Å². The Balaban J connectivity index is 2.17. The van der Waals surface area contributed by atoms with Gasteiger partial charge in [0.25, 0.3) is 0 Å².